The van der Waals surface area contributed by atoms with Gasteiger partial charge in [0.2, 0.25) is 0 Å². The van der Waals surface area contributed by atoms with E-state index >= 15 is 0 Å². The van der Waals surface area contributed by atoms with Gasteiger partial charge in [0.05, 0.1) is 6.04 Å². The Labute approximate surface area is 111 Å². The summed E-state index contributed by atoms with van der Waals surface area (Å²) < 4.78 is 0. The monoisotopic (exact) mass is 263 g/mol. The fraction of sp³-hybridized carbons (Fsp3) is 0.417. The number of anilines is 2. The molecule has 1 atom stereocenters. The van der Waals surface area contributed by atoms with E-state index in [9.17, 15) is 0 Å². The zero-order valence-electron chi connectivity index (χ0n) is 11.0. The van der Waals surface area contributed by atoms with Gasteiger partial charge in [-0.05, 0) is 20.8 Å². The molecule has 0 spiro atoms. The molecule has 0 aliphatic rings. The van der Waals surface area contributed by atoms with Gasteiger partial charge >= 0.3 is 0 Å². The van der Waals surface area contributed by atoms with Gasteiger partial charge in [0.25, 0.3) is 0 Å². The smallest absolute Gasteiger partial charge is 0.134 e. The molecule has 2 rings (SSSR count). The summed E-state index contributed by atoms with van der Waals surface area (Å²) in [5, 5.41) is 9.54. The van der Waals surface area contributed by atoms with Gasteiger partial charge in [-0.3, -0.25) is 0 Å². The fourth-order valence-corrected chi connectivity index (χ4v) is 2.49. The van der Waals surface area contributed by atoms with Crippen molar-refractivity contribution in [2.24, 2.45) is 0 Å². The highest BCUT2D eigenvalue weighted by Gasteiger charge is 2.12. The first-order valence-corrected chi connectivity index (χ1v) is 6.67. The van der Waals surface area contributed by atoms with Gasteiger partial charge in [-0.2, -0.15) is 0 Å². The van der Waals surface area contributed by atoms with E-state index in [1.165, 1.54) is 0 Å². The SMILES string of the molecule is CNc1ncnc(NC(C)c2nc(C)cs2)c1C. The second kappa shape index (κ2) is 5.30. The minimum absolute atomic E-state index is 0.141. The largest absolute Gasteiger partial charge is 0.373 e. The molecule has 2 aromatic rings. The third-order valence-electron chi connectivity index (χ3n) is 2.68. The van der Waals surface area contributed by atoms with Crippen LogP contribution in [0.15, 0.2) is 11.7 Å². The summed E-state index contributed by atoms with van der Waals surface area (Å²) in [5.74, 6) is 1.68. The zero-order valence-corrected chi connectivity index (χ0v) is 11.8. The first kappa shape index (κ1) is 12.8. The average Bonchev–Trinajstić information content (AvgIpc) is 2.78. The fourth-order valence-electron chi connectivity index (χ4n) is 1.69. The van der Waals surface area contributed by atoms with E-state index in [0.717, 1.165) is 27.9 Å². The lowest BCUT2D eigenvalue weighted by molar-refractivity contribution is 0.850. The highest BCUT2D eigenvalue weighted by molar-refractivity contribution is 7.09. The molecule has 0 bridgehead atoms. The molecule has 0 radical (unpaired) electrons. The summed E-state index contributed by atoms with van der Waals surface area (Å²) in [6.07, 6.45) is 1.56. The Balaban J connectivity index is 2.19. The van der Waals surface area contributed by atoms with E-state index < -0.39 is 0 Å². The molecule has 0 aliphatic carbocycles. The lowest BCUT2D eigenvalue weighted by atomic mass is 10.2. The van der Waals surface area contributed by atoms with Crippen LogP contribution in [-0.2, 0) is 0 Å². The molecule has 0 saturated heterocycles. The Morgan fingerprint density at radius 2 is 1.94 bits per heavy atom. The summed E-state index contributed by atoms with van der Waals surface area (Å²) in [5.41, 5.74) is 2.07. The molecule has 2 N–H and O–H groups in total. The van der Waals surface area contributed by atoms with Gasteiger partial charge in [0.15, 0.2) is 0 Å². The average molecular weight is 263 g/mol. The van der Waals surface area contributed by atoms with Crippen LogP contribution in [0.25, 0.3) is 0 Å². The summed E-state index contributed by atoms with van der Waals surface area (Å²) in [6.45, 7) is 6.08. The van der Waals surface area contributed by atoms with Crippen LogP contribution in [0.1, 0.15) is 29.2 Å². The van der Waals surface area contributed by atoms with Crippen LogP contribution >= 0.6 is 11.3 Å². The number of hydrogen-bond donors (Lipinski definition) is 2. The molecule has 0 saturated carbocycles. The molecule has 0 aliphatic heterocycles. The molecule has 96 valence electrons. The zero-order chi connectivity index (χ0) is 13.1. The maximum atomic E-state index is 4.48. The maximum Gasteiger partial charge on any atom is 0.134 e. The highest BCUT2D eigenvalue weighted by atomic mass is 32.1. The van der Waals surface area contributed by atoms with Crippen LogP contribution < -0.4 is 10.6 Å². The Kier molecular flexibility index (Phi) is 3.76. The van der Waals surface area contributed by atoms with Gasteiger partial charge in [0, 0.05) is 23.7 Å². The van der Waals surface area contributed by atoms with Crippen molar-refractivity contribution in [1.82, 2.24) is 15.0 Å². The summed E-state index contributed by atoms with van der Waals surface area (Å²) >= 11 is 1.66. The predicted molar refractivity (Wildman–Crippen MR) is 75.2 cm³/mol. The van der Waals surface area contributed by atoms with Gasteiger partial charge in [0.1, 0.15) is 23.0 Å². The Morgan fingerprint density at radius 3 is 2.56 bits per heavy atom. The van der Waals surface area contributed by atoms with Crippen molar-refractivity contribution in [3.05, 3.63) is 28.0 Å². The molecule has 1 unspecified atom stereocenters. The molecule has 0 fully saturated rings. The number of thiazole rings is 1. The lowest BCUT2D eigenvalue weighted by Crippen LogP contribution is -2.10. The summed E-state index contributed by atoms with van der Waals surface area (Å²) in [4.78, 5) is 12.9. The van der Waals surface area contributed by atoms with Gasteiger partial charge in [-0.25, -0.2) is 15.0 Å². The highest BCUT2D eigenvalue weighted by Crippen LogP contribution is 2.24. The van der Waals surface area contributed by atoms with Crippen molar-refractivity contribution in [2.75, 3.05) is 17.7 Å². The first-order chi connectivity index (χ1) is 8.61. The summed E-state index contributed by atoms with van der Waals surface area (Å²) in [6, 6.07) is 0.141. The van der Waals surface area contributed by atoms with Crippen molar-refractivity contribution in [2.45, 2.75) is 26.8 Å². The van der Waals surface area contributed by atoms with Crippen LogP contribution in [-0.4, -0.2) is 22.0 Å². The summed E-state index contributed by atoms with van der Waals surface area (Å²) in [7, 11) is 1.85. The van der Waals surface area contributed by atoms with E-state index in [0.29, 0.717) is 0 Å². The van der Waals surface area contributed by atoms with Crippen molar-refractivity contribution >= 4 is 23.0 Å². The van der Waals surface area contributed by atoms with Crippen molar-refractivity contribution < 1.29 is 0 Å². The minimum Gasteiger partial charge on any atom is -0.373 e. The predicted octanol–water partition coefficient (Wildman–Crippen LogP) is 2.76. The quantitative estimate of drug-likeness (QED) is 0.888. The number of aromatic nitrogens is 3. The molecular formula is C12H17N5S. The Bertz CT molecular complexity index is 537. The van der Waals surface area contributed by atoms with Gasteiger partial charge < -0.3 is 10.6 Å². The van der Waals surface area contributed by atoms with E-state index in [-0.39, 0.29) is 6.04 Å². The van der Waals surface area contributed by atoms with Crippen molar-refractivity contribution in [1.29, 1.82) is 0 Å². The van der Waals surface area contributed by atoms with Crippen LogP contribution in [0.3, 0.4) is 0 Å². The van der Waals surface area contributed by atoms with E-state index in [1.807, 2.05) is 20.9 Å². The standard InChI is InChI=1S/C12H17N5S/c1-7-5-18-12(16-7)9(3)17-11-8(2)10(13-4)14-6-15-11/h5-6,9H,1-4H3,(H2,13,14,15,17). The second-order valence-electron chi connectivity index (χ2n) is 4.14. The second-order valence-corrected chi connectivity index (χ2v) is 5.03. The number of nitrogens with zero attached hydrogens (tertiary/aromatic N) is 3. The van der Waals surface area contributed by atoms with Gasteiger partial charge in [-0.1, -0.05) is 0 Å². The molecule has 5 nitrogen and oxygen atoms in total. The molecule has 0 amide bonds. The first-order valence-electron chi connectivity index (χ1n) is 5.79. The Hall–Kier alpha value is -1.69. The van der Waals surface area contributed by atoms with Crippen molar-refractivity contribution in [3.63, 3.8) is 0 Å². The van der Waals surface area contributed by atoms with Crippen LogP contribution in [0, 0.1) is 13.8 Å². The van der Waals surface area contributed by atoms with Crippen LogP contribution in [0.5, 0.6) is 0 Å². The van der Waals surface area contributed by atoms with E-state index in [4.69, 9.17) is 0 Å². The van der Waals surface area contributed by atoms with Crippen LogP contribution in [0.2, 0.25) is 0 Å². The van der Waals surface area contributed by atoms with Crippen molar-refractivity contribution in [3.8, 4) is 0 Å². The molecular weight excluding hydrogens is 246 g/mol. The molecule has 2 aromatic heterocycles. The topological polar surface area (TPSA) is 62.7 Å². The molecule has 2 heterocycles. The number of aryl methyl sites for hydroxylation is 1. The third-order valence-corrected chi connectivity index (χ3v) is 3.83. The normalized spacial score (nSPS) is 12.2. The molecule has 18 heavy (non-hydrogen) atoms. The minimum atomic E-state index is 0.141. The molecule has 0 aromatic carbocycles. The number of hydrogen-bond acceptors (Lipinski definition) is 6. The number of nitrogens with one attached hydrogen (secondary N) is 2. The molecule has 6 heteroatoms. The lowest BCUT2D eigenvalue weighted by Gasteiger charge is -2.15. The van der Waals surface area contributed by atoms with Gasteiger partial charge in [-0.15, -0.1) is 11.3 Å². The van der Waals surface area contributed by atoms with E-state index in [2.05, 4.69) is 37.9 Å². The maximum absolute atomic E-state index is 4.48. The third kappa shape index (κ3) is 2.59. The van der Waals surface area contributed by atoms with E-state index in [1.54, 1.807) is 17.7 Å². The Morgan fingerprint density at radius 1 is 1.22 bits per heavy atom. The van der Waals surface area contributed by atoms with Crippen LogP contribution in [0.4, 0.5) is 11.6 Å². The number of rotatable bonds is 4.